The van der Waals surface area contributed by atoms with Gasteiger partial charge in [-0.1, -0.05) is 12.1 Å². The van der Waals surface area contributed by atoms with Gasteiger partial charge in [-0.3, -0.25) is 0 Å². The second-order valence-corrected chi connectivity index (χ2v) is 4.20. The molecule has 4 nitrogen and oxygen atoms in total. The Hall–Kier alpha value is -1.39. The van der Waals surface area contributed by atoms with E-state index in [0.29, 0.717) is 5.56 Å². The monoisotopic (exact) mass is 236 g/mol. The van der Waals surface area contributed by atoms with Gasteiger partial charge in [-0.05, 0) is 51.3 Å². The highest BCUT2D eigenvalue weighted by Gasteiger charge is 2.05. The van der Waals surface area contributed by atoms with Gasteiger partial charge in [-0.25, -0.2) is 4.79 Å². The number of rotatable bonds is 7. The van der Waals surface area contributed by atoms with E-state index in [2.05, 4.69) is 10.2 Å². The summed E-state index contributed by atoms with van der Waals surface area (Å²) in [6.45, 7) is 2.78. The van der Waals surface area contributed by atoms with E-state index in [9.17, 15) is 4.79 Å². The minimum atomic E-state index is -0.871. The van der Waals surface area contributed by atoms with Crippen LogP contribution in [-0.4, -0.2) is 43.2 Å². The van der Waals surface area contributed by atoms with Crippen LogP contribution in [0.25, 0.3) is 0 Å². The molecule has 0 aliphatic rings. The maximum absolute atomic E-state index is 10.8. The molecule has 0 fully saturated rings. The largest absolute Gasteiger partial charge is 0.478 e. The zero-order valence-corrected chi connectivity index (χ0v) is 10.4. The van der Waals surface area contributed by atoms with E-state index in [1.54, 1.807) is 18.2 Å². The average Bonchev–Trinajstić information content (AvgIpc) is 2.29. The molecule has 94 valence electrons. The van der Waals surface area contributed by atoms with Gasteiger partial charge in [0.15, 0.2) is 0 Å². The predicted octanol–water partition coefficient (Wildman–Crippen LogP) is 1.43. The van der Waals surface area contributed by atoms with Gasteiger partial charge in [0.1, 0.15) is 0 Å². The van der Waals surface area contributed by atoms with Crippen molar-refractivity contribution in [2.24, 2.45) is 0 Å². The van der Waals surface area contributed by atoms with Gasteiger partial charge >= 0.3 is 5.97 Å². The molecule has 1 aromatic rings. The maximum Gasteiger partial charge on any atom is 0.335 e. The molecule has 0 saturated carbocycles. The summed E-state index contributed by atoms with van der Waals surface area (Å²) < 4.78 is 0. The molecule has 0 aliphatic heterocycles. The number of carboxylic acids is 1. The number of carboxylic acid groups (broad SMARTS) is 1. The summed E-state index contributed by atoms with van der Waals surface area (Å²) in [5.41, 5.74) is 1.39. The van der Waals surface area contributed by atoms with Gasteiger partial charge in [0.2, 0.25) is 0 Å². The van der Waals surface area contributed by atoms with Crippen LogP contribution >= 0.6 is 0 Å². The summed E-state index contributed by atoms with van der Waals surface area (Å²) in [5.74, 6) is -0.871. The van der Waals surface area contributed by atoms with E-state index in [1.807, 2.05) is 20.2 Å². The first-order valence-electron chi connectivity index (χ1n) is 5.79. The SMILES string of the molecule is CNCCCN(C)Cc1cccc(C(=O)O)c1. The summed E-state index contributed by atoms with van der Waals surface area (Å²) in [4.78, 5) is 13.0. The third-order valence-corrected chi connectivity index (χ3v) is 2.59. The smallest absolute Gasteiger partial charge is 0.335 e. The third-order valence-electron chi connectivity index (χ3n) is 2.59. The second-order valence-electron chi connectivity index (χ2n) is 4.20. The van der Waals surface area contributed by atoms with E-state index < -0.39 is 5.97 Å². The van der Waals surface area contributed by atoms with Gasteiger partial charge in [-0.15, -0.1) is 0 Å². The molecule has 1 aromatic carbocycles. The van der Waals surface area contributed by atoms with Crippen molar-refractivity contribution in [1.29, 1.82) is 0 Å². The van der Waals surface area contributed by atoms with Crippen molar-refractivity contribution >= 4 is 5.97 Å². The fraction of sp³-hybridized carbons (Fsp3) is 0.462. The molecule has 17 heavy (non-hydrogen) atoms. The van der Waals surface area contributed by atoms with Gasteiger partial charge in [0.25, 0.3) is 0 Å². The lowest BCUT2D eigenvalue weighted by atomic mass is 10.1. The van der Waals surface area contributed by atoms with E-state index in [4.69, 9.17) is 5.11 Å². The first kappa shape index (κ1) is 13.7. The molecule has 0 unspecified atom stereocenters. The summed E-state index contributed by atoms with van der Waals surface area (Å²) in [6.07, 6.45) is 1.09. The number of nitrogens with one attached hydrogen (secondary N) is 1. The molecule has 0 saturated heterocycles. The van der Waals surface area contributed by atoms with Crippen molar-refractivity contribution in [3.05, 3.63) is 35.4 Å². The topological polar surface area (TPSA) is 52.6 Å². The molecular weight excluding hydrogens is 216 g/mol. The van der Waals surface area contributed by atoms with Crippen LogP contribution < -0.4 is 5.32 Å². The highest BCUT2D eigenvalue weighted by atomic mass is 16.4. The molecule has 0 aliphatic carbocycles. The van der Waals surface area contributed by atoms with Crippen LogP contribution in [0.3, 0.4) is 0 Å². The number of carbonyl (C=O) groups is 1. The first-order valence-corrected chi connectivity index (χ1v) is 5.79. The second kappa shape index (κ2) is 7.04. The minimum absolute atomic E-state index is 0.353. The van der Waals surface area contributed by atoms with E-state index in [1.165, 1.54) is 0 Å². The molecule has 0 heterocycles. The molecule has 0 spiro atoms. The Morgan fingerprint density at radius 1 is 1.47 bits per heavy atom. The van der Waals surface area contributed by atoms with Gasteiger partial charge in [-0.2, -0.15) is 0 Å². The summed E-state index contributed by atoms with van der Waals surface area (Å²) >= 11 is 0. The van der Waals surface area contributed by atoms with Crippen molar-refractivity contribution < 1.29 is 9.90 Å². The third kappa shape index (κ3) is 4.97. The zero-order chi connectivity index (χ0) is 12.7. The Labute approximate surface area is 102 Å². The highest BCUT2D eigenvalue weighted by Crippen LogP contribution is 2.07. The predicted molar refractivity (Wildman–Crippen MR) is 68.3 cm³/mol. The number of hydrogen-bond acceptors (Lipinski definition) is 3. The Morgan fingerprint density at radius 3 is 2.88 bits per heavy atom. The molecule has 2 N–H and O–H groups in total. The summed E-state index contributed by atoms with van der Waals surface area (Å²) in [7, 11) is 3.99. The quantitative estimate of drug-likeness (QED) is 0.703. The molecular formula is C13H20N2O2. The molecule has 0 atom stereocenters. The first-order chi connectivity index (χ1) is 8.13. The van der Waals surface area contributed by atoms with Crippen LogP contribution in [0.5, 0.6) is 0 Å². The minimum Gasteiger partial charge on any atom is -0.478 e. The molecule has 0 radical (unpaired) electrons. The molecule has 1 rings (SSSR count). The number of aromatic carboxylic acids is 1. The van der Waals surface area contributed by atoms with Crippen molar-refractivity contribution in [3.8, 4) is 0 Å². The van der Waals surface area contributed by atoms with Gasteiger partial charge in [0.05, 0.1) is 5.56 Å². The van der Waals surface area contributed by atoms with Gasteiger partial charge < -0.3 is 15.3 Å². The highest BCUT2D eigenvalue weighted by molar-refractivity contribution is 5.87. The number of nitrogens with zero attached hydrogens (tertiary/aromatic N) is 1. The van der Waals surface area contributed by atoms with Crippen LogP contribution in [0, 0.1) is 0 Å². The van der Waals surface area contributed by atoms with Crippen LogP contribution in [0.2, 0.25) is 0 Å². The van der Waals surface area contributed by atoms with Gasteiger partial charge in [0, 0.05) is 6.54 Å². The summed E-state index contributed by atoms with van der Waals surface area (Å²) in [5, 5.41) is 12.0. The number of hydrogen-bond donors (Lipinski definition) is 2. The summed E-state index contributed by atoms with van der Waals surface area (Å²) in [6, 6.07) is 7.10. The Bertz CT molecular complexity index is 366. The molecule has 4 heteroatoms. The normalized spacial score (nSPS) is 10.8. The molecule has 0 bridgehead atoms. The standard InChI is InChI=1S/C13H20N2O2/c1-14-7-4-8-15(2)10-11-5-3-6-12(9-11)13(16)17/h3,5-6,9,14H,4,7-8,10H2,1-2H3,(H,16,17). The zero-order valence-electron chi connectivity index (χ0n) is 10.4. The van der Waals surface area contributed by atoms with Crippen molar-refractivity contribution in [2.75, 3.05) is 27.2 Å². The average molecular weight is 236 g/mol. The van der Waals surface area contributed by atoms with E-state index in [-0.39, 0.29) is 0 Å². The Kier molecular flexibility index (Phi) is 5.66. The van der Waals surface area contributed by atoms with E-state index in [0.717, 1.165) is 31.6 Å². The lowest BCUT2D eigenvalue weighted by molar-refractivity contribution is 0.0696. The van der Waals surface area contributed by atoms with Crippen molar-refractivity contribution in [3.63, 3.8) is 0 Å². The van der Waals surface area contributed by atoms with Crippen LogP contribution in [0.1, 0.15) is 22.3 Å². The maximum atomic E-state index is 10.8. The molecule has 0 amide bonds. The van der Waals surface area contributed by atoms with Crippen molar-refractivity contribution in [1.82, 2.24) is 10.2 Å². The van der Waals surface area contributed by atoms with E-state index >= 15 is 0 Å². The van der Waals surface area contributed by atoms with Crippen LogP contribution in [0.4, 0.5) is 0 Å². The fourth-order valence-electron chi connectivity index (χ4n) is 1.72. The van der Waals surface area contributed by atoms with Crippen molar-refractivity contribution in [2.45, 2.75) is 13.0 Å². The number of benzene rings is 1. The Morgan fingerprint density at radius 2 is 2.24 bits per heavy atom. The fourth-order valence-corrected chi connectivity index (χ4v) is 1.72. The Balaban J connectivity index is 2.50. The van der Waals surface area contributed by atoms with Crippen LogP contribution in [-0.2, 0) is 6.54 Å². The molecule has 0 aromatic heterocycles. The van der Waals surface area contributed by atoms with Crippen LogP contribution in [0.15, 0.2) is 24.3 Å². The lowest BCUT2D eigenvalue weighted by Gasteiger charge is -2.16. The lowest BCUT2D eigenvalue weighted by Crippen LogP contribution is -2.22.